The normalized spacial score (nSPS) is 35.3. The molecule has 0 amide bonds. The Labute approximate surface area is 59.8 Å². The van der Waals surface area contributed by atoms with Crippen molar-refractivity contribution in [3.05, 3.63) is 5.21 Å². The van der Waals surface area contributed by atoms with Crippen molar-refractivity contribution in [2.24, 2.45) is 0 Å². The van der Waals surface area contributed by atoms with Gasteiger partial charge in [0, 0.05) is 0 Å². The maximum absolute atomic E-state index is 11.3. The van der Waals surface area contributed by atoms with E-state index in [-0.39, 0.29) is 4.65 Å². The lowest BCUT2D eigenvalue weighted by Crippen LogP contribution is -2.42. The minimum Gasteiger partial charge on any atom is -0.632 e. The second-order valence-electron chi connectivity index (χ2n) is 2.35. The number of nitrogens with one attached hydrogen (secondary N) is 1. The van der Waals surface area contributed by atoms with E-state index in [0.29, 0.717) is 25.6 Å². The molecule has 1 rings (SSSR count). The molecule has 9 heavy (non-hydrogen) atoms. The number of alkyl halides is 1. The highest BCUT2D eigenvalue weighted by atomic mass is 35.5. The van der Waals surface area contributed by atoms with E-state index < -0.39 is 0 Å². The van der Waals surface area contributed by atoms with E-state index in [1.807, 2.05) is 0 Å². The number of hydrogen-bond donors (Lipinski definition) is 1. The third kappa shape index (κ3) is 1.79. The Morgan fingerprint density at radius 2 is 2.44 bits per heavy atom. The van der Waals surface area contributed by atoms with Gasteiger partial charge in [-0.15, -0.1) is 11.6 Å². The Kier molecular flexibility index (Phi) is 2.29. The van der Waals surface area contributed by atoms with Crippen LogP contribution in [0.5, 0.6) is 0 Å². The Morgan fingerprint density at radius 1 is 1.67 bits per heavy atom. The summed E-state index contributed by atoms with van der Waals surface area (Å²) >= 11 is 5.43. The van der Waals surface area contributed by atoms with Gasteiger partial charge in [-0.3, -0.25) is 5.32 Å². The number of quaternary nitrogens is 1. The van der Waals surface area contributed by atoms with Crippen LogP contribution in [0.15, 0.2) is 0 Å². The molecule has 0 aromatic rings. The van der Waals surface area contributed by atoms with Crippen LogP contribution in [-0.2, 0) is 0 Å². The molecule has 0 aromatic heterocycles. The molecule has 1 aliphatic heterocycles. The number of nitrogens with zero attached hydrogens (tertiary/aromatic N) is 1. The first-order chi connectivity index (χ1) is 4.27. The van der Waals surface area contributed by atoms with E-state index in [1.165, 1.54) is 0 Å². The summed E-state index contributed by atoms with van der Waals surface area (Å²) in [7, 11) is 0. The zero-order valence-corrected chi connectivity index (χ0v) is 6.02. The first kappa shape index (κ1) is 7.28. The van der Waals surface area contributed by atoms with Crippen LogP contribution in [0.2, 0.25) is 0 Å². The molecule has 0 aromatic carbocycles. The van der Waals surface area contributed by atoms with Crippen molar-refractivity contribution in [2.45, 2.75) is 0 Å². The molecule has 0 aliphatic carbocycles. The quantitative estimate of drug-likeness (QED) is 0.344. The fraction of sp³-hybridized carbons (Fsp3) is 1.00. The van der Waals surface area contributed by atoms with Gasteiger partial charge in [-0.05, 0) is 0 Å². The molecule has 1 heterocycles. The van der Waals surface area contributed by atoms with Gasteiger partial charge < -0.3 is 9.85 Å². The minimum absolute atomic E-state index is 0.149. The molecule has 1 atom stereocenters. The Balaban J connectivity index is 2.32. The van der Waals surface area contributed by atoms with Gasteiger partial charge in [0.05, 0.1) is 25.5 Å². The molecule has 0 spiro atoms. The minimum atomic E-state index is -0.149. The van der Waals surface area contributed by atoms with Crippen LogP contribution in [0.4, 0.5) is 0 Å². The number of rotatable bonds is 2. The van der Waals surface area contributed by atoms with E-state index in [2.05, 4.69) is 5.32 Å². The number of halogens is 1. The van der Waals surface area contributed by atoms with Gasteiger partial charge in [0.1, 0.15) is 6.67 Å². The Hall–Kier alpha value is 0.170. The molecule has 54 valence electrons. The third-order valence-corrected chi connectivity index (χ3v) is 1.76. The number of hydroxylamine groups is 3. The lowest BCUT2D eigenvalue weighted by Gasteiger charge is -2.36. The molecule has 0 radical (unpaired) electrons. The van der Waals surface area contributed by atoms with Gasteiger partial charge in [-0.25, -0.2) is 0 Å². The fourth-order valence-corrected chi connectivity index (χ4v) is 1.30. The van der Waals surface area contributed by atoms with Crippen molar-refractivity contribution in [3.8, 4) is 0 Å². The van der Waals surface area contributed by atoms with Crippen molar-refractivity contribution >= 4 is 11.6 Å². The molecule has 3 nitrogen and oxygen atoms in total. The smallest absolute Gasteiger partial charge is 0.132 e. The maximum atomic E-state index is 11.3. The summed E-state index contributed by atoms with van der Waals surface area (Å²) in [5.41, 5.74) is 0. The van der Waals surface area contributed by atoms with E-state index in [0.717, 1.165) is 6.54 Å². The van der Waals surface area contributed by atoms with E-state index in [4.69, 9.17) is 11.6 Å². The third-order valence-electron chi connectivity index (χ3n) is 1.59. The summed E-state index contributed by atoms with van der Waals surface area (Å²) in [6.45, 7) is 2.58. The summed E-state index contributed by atoms with van der Waals surface area (Å²) in [4.78, 5) is 0. The molecule has 0 bridgehead atoms. The summed E-state index contributed by atoms with van der Waals surface area (Å²) in [5.74, 6) is 0.463. The highest BCUT2D eigenvalue weighted by Gasteiger charge is 2.20. The van der Waals surface area contributed by atoms with Gasteiger partial charge in [0.2, 0.25) is 0 Å². The average Bonchev–Trinajstić information content (AvgIpc) is 2.16. The second kappa shape index (κ2) is 2.84. The van der Waals surface area contributed by atoms with Crippen molar-refractivity contribution in [1.82, 2.24) is 5.32 Å². The standard InChI is InChI=1S/C5H11ClN2O/c6-1-3-8(9)4-2-7-5-8/h7H,1-5H2. The van der Waals surface area contributed by atoms with Crippen LogP contribution in [0.3, 0.4) is 0 Å². The predicted molar refractivity (Wildman–Crippen MR) is 37.0 cm³/mol. The average molecular weight is 151 g/mol. The van der Waals surface area contributed by atoms with Gasteiger partial charge >= 0.3 is 0 Å². The lowest BCUT2D eigenvalue weighted by molar-refractivity contribution is -0.866. The van der Waals surface area contributed by atoms with Crippen molar-refractivity contribution < 1.29 is 4.65 Å². The monoisotopic (exact) mass is 150 g/mol. The zero-order valence-electron chi connectivity index (χ0n) is 5.27. The Morgan fingerprint density at radius 3 is 2.89 bits per heavy atom. The van der Waals surface area contributed by atoms with Crippen LogP contribution < -0.4 is 5.32 Å². The van der Waals surface area contributed by atoms with E-state index in [9.17, 15) is 5.21 Å². The zero-order chi connectivity index (χ0) is 6.74. The predicted octanol–water partition coefficient (Wildman–Crippen LogP) is 0.100. The SMILES string of the molecule is [O-][N+]1(CCCl)CCNC1. The highest BCUT2D eigenvalue weighted by molar-refractivity contribution is 6.17. The first-order valence-corrected chi connectivity index (χ1v) is 3.64. The molecule has 1 unspecified atom stereocenters. The van der Waals surface area contributed by atoms with Crippen LogP contribution in [0, 0.1) is 5.21 Å². The van der Waals surface area contributed by atoms with Crippen molar-refractivity contribution in [1.29, 1.82) is 0 Å². The molecule has 1 saturated heterocycles. The van der Waals surface area contributed by atoms with Gasteiger partial charge in [-0.1, -0.05) is 0 Å². The second-order valence-corrected chi connectivity index (χ2v) is 2.73. The van der Waals surface area contributed by atoms with Crippen molar-refractivity contribution in [2.75, 3.05) is 32.2 Å². The van der Waals surface area contributed by atoms with Crippen LogP contribution >= 0.6 is 11.6 Å². The molecular weight excluding hydrogens is 140 g/mol. The molecule has 1 N–H and O–H groups in total. The highest BCUT2D eigenvalue weighted by Crippen LogP contribution is 2.05. The number of hydrogen-bond acceptors (Lipinski definition) is 2. The summed E-state index contributed by atoms with van der Waals surface area (Å²) in [6, 6.07) is 0. The summed E-state index contributed by atoms with van der Waals surface area (Å²) in [6.07, 6.45) is 0. The topological polar surface area (TPSA) is 35.1 Å². The lowest BCUT2D eigenvalue weighted by atomic mass is 10.5. The summed E-state index contributed by atoms with van der Waals surface area (Å²) < 4.78 is -0.149. The maximum Gasteiger partial charge on any atom is 0.132 e. The molecule has 1 aliphatic rings. The van der Waals surface area contributed by atoms with Crippen LogP contribution in [-0.4, -0.2) is 36.8 Å². The largest absolute Gasteiger partial charge is 0.632 e. The molecule has 4 heteroatoms. The van der Waals surface area contributed by atoms with Gasteiger partial charge in [0.25, 0.3) is 0 Å². The first-order valence-electron chi connectivity index (χ1n) is 3.11. The van der Waals surface area contributed by atoms with Gasteiger partial charge in [0.15, 0.2) is 0 Å². The van der Waals surface area contributed by atoms with Crippen molar-refractivity contribution in [3.63, 3.8) is 0 Å². The van der Waals surface area contributed by atoms with Crippen LogP contribution in [0.1, 0.15) is 0 Å². The summed E-state index contributed by atoms with van der Waals surface area (Å²) in [5, 5.41) is 14.3. The molecular formula is C5H11ClN2O. The fourth-order valence-electron chi connectivity index (χ4n) is 0.990. The van der Waals surface area contributed by atoms with Gasteiger partial charge in [-0.2, -0.15) is 0 Å². The Bertz CT molecular complexity index is 93.0. The van der Waals surface area contributed by atoms with E-state index in [1.54, 1.807) is 0 Å². The molecule has 1 fully saturated rings. The van der Waals surface area contributed by atoms with E-state index >= 15 is 0 Å². The molecule has 0 saturated carbocycles. The van der Waals surface area contributed by atoms with Crippen LogP contribution in [0.25, 0.3) is 0 Å².